The number of anilines is 1. The first-order valence-corrected chi connectivity index (χ1v) is 6.94. The molecule has 21 heavy (non-hydrogen) atoms. The number of hydrogen-bond donors (Lipinski definition) is 3. The third-order valence-corrected chi connectivity index (χ3v) is 3.39. The summed E-state index contributed by atoms with van der Waals surface area (Å²) in [6.45, 7) is 2.01. The lowest BCUT2D eigenvalue weighted by Crippen LogP contribution is -2.05. The predicted molar refractivity (Wildman–Crippen MR) is 81.4 cm³/mol. The van der Waals surface area contributed by atoms with Gasteiger partial charge in [0.1, 0.15) is 5.65 Å². The van der Waals surface area contributed by atoms with Crippen molar-refractivity contribution in [2.75, 3.05) is 5.73 Å². The Morgan fingerprint density at radius 1 is 1.38 bits per heavy atom. The van der Waals surface area contributed by atoms with Crippen molar-refractivity contribution in [3.8, 4) is 11.3 Å². The molecule has 6 heteroatoms. The number of nitrogens with one attached hydrogen (secondary N) is 1. The fraction of sp³-hybridized carbons (Fsp3) is 0.267. The predicted octanol–water partition coefficient (Wildman–Crippen LogP) is 2.44. The Hall–Kier alpha value is -2.47. The van der Waals surface area contributed by atoms with Gasteiger partial charge in [0.15, 0.2) is 0 Å². The largest absolute Gasteiger partial charge is 0.387 e. The van der Waals surface area contributed by atoms with Crippen LogP contribution in [0.1, 0.15) is 31.6 Å². The Labute approximate surface area is 122 Å². The van der Waals surface area contributed by atoms with Gasteiger partial charge in [0.25, 0.3) is 0 Å². The van der Waals surface area contributed by atoms with Crippen LogP contribution in [0.2, 0.25) is 0 Å². The fourth-order valence-electron chi connectivity index (χ4n) is 2.38. The summed E-state index contributed by atoms with van der Waals surface area (Å²) in [6.07, 6.45) is 4.47. The van der Waals surface area contributed by atoms with E-state index >= 15 is 0 Å². The highest BCUT2D eigenvalue weighted by Crippen LogP contribution is 2.28. The lowest BCUT2D eigenvalue weighted by atomic mass is 10.1. The van der Waals surface area contributed by atoms with Gasteiger partial charge < -0.3 is 15.8 Å². The van der Waals surface area contributed by atoms with Gasteiger partial charge in [-0.2, -0.15) is 0 Å². The minimum absolute atomic E-state index is 0.163. The Morgan fingerprint density at radius 3 is 3.05 bits per heavy atom. The average Bonchev–Trinajstić information content (AvgIpc) is 2.91. The smallest absolute Gasteiger partial charge is 0.220 e. The molecule has 3 rings (SSSR count). The number of hydrogen-bond acceptors (Lipinski definition) is 5. The molecular formula is C15H17N5O. The van der Waals surface area contributed by atoms with Crippen molar-refractivity contribution in [3.05, 3.63) is 36.3 Å². The molecule has 0 spiro atoms. The van der Waals surface area contributed by atoms with Gasteiger partial charge in [-0.15, -0.1) is 0 Å². The molecule has 0 aliphatic rings. The molecule has 108 valence electrons. The summed E-state index contributed by atoms with van der Waals surface area (Å²) < 4.78 is 0. The zero-order valence-corrected chi connectivity index (χ0v) is 11.7. The Balaban J connectivity index is 2.10. The molecule has 0 amide bonds. The van der Waals surface area contributed by atoms with Gasteiger partial charge in [-0.25, -0.2) is 15.0 Å². The third kappa shape index (κ3) is 2.57. The lowest BCUT2D eigenvalue weighted by molar-refractivity contribution is 0.162. The summed E-state index contributed by atoms with van der Waals surface area (Å²) >= 11 is 0. The number of nitrogens with two attached hydrogens (primary N) is 1. The molecule has 0 aromatic carbocycles. The maximum absolute atomic E-state index is 10.1. The molecule has 0 aliphatic carbocycles. The van der Waals surface area contributed by atoms with Gasteiger partial charge in [0, 0.05) is 23.3 Å². The van der Waals surface area contributed by atoms with Crippen LogP contribution in [0.5, 0.6) is 0 Å². The molecule has 3 heterocycles. The van der Waals surface area contributed by atoms with Crippen molar-refractivity contribution >= 4 is 17.0 Å². The van der Waals surface area contributed by atoms with E-state index in [1.165, 1.54) is 0 Å². The van der Waals surface area contributed by atoms with Crippen molar-refractivity contribution in [2.24, 2.45) is 0 Å². The number of nitrogen functional groups attached to an aromatic ring is 1. The van der Waals surface area contributed by atoms with E-state index in [1.54, 1.807) is 12.3 Å². The van der Waals surface area contributed by atoms with E-state index in [1.807, 2.05) is 25.3 Å². The van der Waals surface area contributed by atoms with Crippen LogP contribution < -0.4 is 5.73 Å². The molecule has 3 aromatic rings. The number of nitrogens with zero attached hydrogens (tertiary/aromatic N) is 3. The summed E-state index contributed by atoms with van der Waals surface area (Å²) in [7, 11) is 0. The number of H-pyrrole nitrogens is 1. The van der Waals surface area contributed by atoms with Crippen molar-refractivity contribution in [1.29, 1.82) is 0 Å². The van der Waals surface area contributed by atoms with Crippen LogP contribution in [0.3, 0.4) is 0 Å². The van der Waals surface area contributed by atoms with Gasteiger partial charge in [-0.3, -0.25) is 0 Å². The Kier molecular flexibility index (Phi) is 3.53. The average molecular weight is 283 g/mol. The topological polar surface area (TPSA) is 101 Å². The zero-order valence-electron chi connectivity index (χ0n) is 11.7. The van der Waals surface area contributed by atoms with E-state index in [0.717, 1.165) is 23.0 Å². The number of fused-ring (bicyclic) bond motifs is 1. The number of aromatic amines is 1. The highest BCUT2D eigenvalue weighted by molar-refractivity contribution is 5.92. The maximum Gasteiger partial charge on any atom is 0.220 e. The van der Waals surface area contributed by atoms with E-state index in [9.17, 15) is 5.11 Å². The van der Waals surface area contributed by atoms with Gasteiger partial charge in [0.2, 0.25) is 5.95 Å². The van der Waals surface area contributed by atoms with Crippen molar-refractivity contribution in [3.63, 3.8) is 0 Å². The number of rotatable bonds is 4. The Bertz CT molecular complexity index is 768. The summed E-state index contributed by atoms with van der Waals surface area (Å²) in [5.41, 5.74) is 8.72. The zero-order chi connectivity index (χ0) is 14.8. The monoisotopic (exact) mass is 283 g/mol. The van der Waals surface area contributed by atoms with Crippen LogP contribution in [-0.2, 0) is 0 Å². The number of pyridine rings is 1. The second kappa shape index (κ2) is 5.49. The first-order valence-electron chi connectivity index (χ1n) is 6.94. The quantitative estimate of drug-likeness (QED) is 0.682. The minimum Gasteiger partial charge on any atom is -0.387 e. The highest BCUT2D eigenvalue weighted by atomic mass is 16.3. The molecule has 1 atom stereocenters. The number of aliphatic hydroxyl groups excluding tert-OH is 1. The van der Waals surface area contributed by atoms with E-state index in [0.29, 0.717) is 17.8 Å². The molecule has 0 bridgehead atoms. The van der Waals surface area contributed by atoms with Crippen LogP contribution in [0.15, 0.2) is 30.6 Å². The second-order valence-electron chi connectivity index (χ2n) is 4.94. The maximum atomic E-state index is 10.1. The normalized spacial score (nSPS) is 12.7. The second-order valence-corrected chi connectivity index (χ2v) is 4.94. The van der Waals surface area contributed by atoms with Gasteiger partial charge >= 0.3 is 0 Å². The van der Waals surface area contributed by atoms with Crippen LogP contribution in [0, 0.1) is 0 Å². The lowest BCUT2D eigenvalue weighted by Gasteiger charge is -2.10. The fourth-order valence-corrected chi connectivity index (χ4v) is 2.38. The van der Waals surface area contributed by atoms with E-state index < -0.39 is 6.10 Å². The Morgan fingerprint density at radius 2 is 2.24 bits per heavy atom. The summed E-state index contributed by atoms with van der Waals surface area (Å²) in [6, 6.07) is 5.62. The molecule has 1 unspecified atom stereocenters. The number of aromatic nitrogens is 4. The van der Waals surface area contributed by atoms with Crippen LogP contribution >= 0.6 is 0 Å². The third-order valence-electron chi connectivity index (χ3n) is 3.39. The first-order chi connectivity index (χ1) is 10.2. The molecular weight excluding hydrogens is 266 g/mol. The molecule has 4 N–H and O–H groups in total. The SMILES string of the molecule is CCCC(O)c1cc(-c2c[nH]c3ncccc23)nc(N)n1. The standard InChI is InChI=1S/C15H17N5O/c1-2-4-13(21)12-7-11(19-15(16)20-12)10-8-18-14-9(10)5-3-6-17-14/h3,5-8,13,21H,2,4H2,1H3,(H,17,18)(H2,16,19,20). The highest BCUT2D eigenvalue weighted by Gasteiger charge is 2.14. The molecule has 0 saturated carbocycles. The molecule has 0 fully saturated rings. The van der Waals surface area contributed by atoms with E-state index in [-0.39, 0.29) is 5.95 Å². The summed E-state index contributed by atoms with van der Waals surface area (Å²) in [5, 5.41) is 11.1. The van der Waals surface area contributed by atoms with Crippen molar-refractivity contribution in [2.45, 2.75) is 25.9 Å². The summed E-state index contributed by atoms with van der Waals surface area (Å²) in [5.74, 6) is 0.163. The first kappa shape index (κ1) is 13.5. The van der Waals surface area contributed by atoms with Gasteiger partial charge in [-0.05, 0) is 24.6 Å². The summed E-state index contributed by atoms with van der Waals surface area (Å²) in [4.78, 5) is 15.8. The van der Waals surface area contributed by atoms with Crippen LogP contribution in [-0.4, -0.2) is 25.0 Å². The molecule has 0 aliphatic heterocycles. The van der Waals surface area contributed by atoms with Crippen molar-refractivity contribution < 1.29 is 5.11 Å². The van der Waals surface area contributed by atoms with Crippen LogP contribution in [0.25, 0.3) is 22.3 Å². The molecule has 0 saturated heterocycles. The molecule has 0 radical (unpaired) electrons. The minimum atomic E-state index is -0.623. The molecule has 6 nitrogen and oxygen atoms in total. The van der Waals surface area contributed by atoms with Gasteiger partial charge in [-0.1, -0.05) is 13.3 Å². The van der Waals surface area contributed by atoms with Crippen molar-refractivity contribution in [1.82, 2.24) is 19.9 Å². The van der Waals surface area contributed by atoms with Gasteiger partial charge in [0.05, 0.1) is 17.5 Å². The van der Waals surface area contributed by atoms with E-state index in [4.69, 9.17) is 5.73 Å². The number of aliphatic hydroxyl groups is 1. The van der Waals surface area contributed by atoms with Crippen LogP contribution in [0.4, 0.5) is 5.95 Å². The molecule has 3 aromatic heterocycles. The van der Waals surface area contributed by atoms with E-state index in [2.05, 4.69) is 19.9 Å².